The van der Waals surface area contributed by atoms with Gasteiger partial charge in [0.1, 0.15) is 40.8 Å². The Morgan fingerprint density at radius 1 is 0.857 bits per heavy atom. The van der Waals surface area contributed by atoms with Crippen molar-refractivity contribution in [3.8, 4) is 45.8 Å². The molecule has 0 radical (unpaired) electrons. The zero-order valence-corrected chi connectivity index (χ0v) is 17.3. The van der Waals surface area contributed by atoms with Crippen LogP contribution in [-0.2, 0) is 9.53 Å². The van der Waals surface area contributed by atoms with Crippen LogP contribution in [0.5, 0.6) is 34.5 Å². The Bertz CT molecular complexity index is 1380. The number of aliphatic carboxylic acids is 1. The fourth-order valence-corrected chi connectivity index (χ4v) is 3.56. The maximum Gasteiger partial charge on any atom is 0.335 e. The molecule has 186 valence electrons. The molecule has 1 aliphatic rings. The van der Waals surface area contributed by atoms with Crippen LogP contribution in [0.3, 0.4) is 0 Å². The van der Waals surface area contributed by atoms with E-state index in [9.17, 15) is 50.4 Å². The Labute approximate surface area is 193 Å². The third-order valence-electron chi connectivity index (χ3n) is 5.31. The number of aliphatic hydroxyl groups is 3. The molecule has 9 N–H and O–H groups in total. The van der Waals surface area contributed by atoms with Gasteiger partial charge >= 0.3 is 5.97 Å². The topological polar surface area (TPSA) is 248 Å². The second kappa shape index (κ2) is 8.52. The highest BCUT2D eigenvalue weighted by molar-refractivity contribution is 5.88. The molecule has 1 saturated heterocycles. The first-order valence-electron chi connectivity index (χ1n) is 9.78. The predicted octanol–water partition coefficient (Wildman–Crippen LogP) is -0.741. The highest BCUT2D eigenvalue weighted by atomic mass is 16.7. The SMILES string of the molecule is O=C(O)[C@@H]1O[C@H](Oc2cc(-c3oc4cc(O)cc(O)c4c(=O)c3O)cc(O)c2O)[C@@H](O)[C@H](O)[C@H]1O. The molecule has 1 fully saturated rings. The fraction of sp³-hybridized carbons (Fsp3) is 0.238. The molecule has 0 aliphatic carbocycles. The Morgan fingerprint density at radius 3 is 2.20 bits per heavy atom. The van der Waals surface area contributed by atoms with E-state index in [1.165, 1.54) is 0 Å². The van der Waals surface area contributed by atoms with Gasteiger partial charge in [-0.15, -0.1) is 0 Å². The van der Waals surface area contributed by atoms with E-state index >= 15 is 0 Å². The van der Waals surface area contributed by atoms with Gasteiger partial charge in [-0.2, -0.15) is 0 Å². The van der Waals surface area contributed by atoms with Gasteiger partial charge in [0.25, 0.3) is 0 Å². The lowest BCUT2D eigenvalue weighted by Gasteiger charge is -2.38. The first-order chi connectivity index (χ1) is 16.4. The maximum atomic E-state index is 12.6. The average Bonchev–Trinajstić information content (AvgIpc) is 2.78. The van der Waals surface area contributed by atoms with Gasteiger partial charge in [0.2, 0.25) is 23.2 Å². The van der Waals surface area contributed by atoms with E-state index in [0.717, 1.165) is 24.3 Å². The number of phenols is 4. The monoisotopic (exact) mass is 494 g/mol. The Balaban J connectivity index is 1.80. The fourth-order valence-electron chi connectivity index (χ4n) is 3.56. The molecule has 35 heavy (non-hydrogen) atoms. The lowest BCUT2D eigenvalue weighted by Crippen LogP contribution is -2.61. The normalized spacial score (nSPS) is 24.4. The van der Waals surface area contributed by atoms with Crippen molar-refractivity contribution in [2.24, 2.45) is 0 Å². The summed E-state index contributed by atoms with van der Waals surface area (Å²) in [6, 6.07) is 3.58. The summed E-state index contributed by atoms with van der Waals surface area (Å²) in [7, 11) is 0. The molecule has 2 aromatic carbocycles. The number of hydrogen-bond acceptors (Lipinski definition) is 13. The van der Waals surface area contributed by atoms with Crippen molar-refractivity contribution in [1.82, 2.24) is 0 Å². The van der Waals surface area contributed by atoms with Crippen LogP contribution in [0.2, 0.25) is 0 Å². The minimum absolute atomic E-state index is 0.282. The molecule has 0 amide bonds. The summed E-state index contributed by atoms with van der Waals surface area (Å²) in [5.74, 6) is -6.92. The minimum Gasteiger partial charge on any atom is -0.508 e. The summed E-state index contributed by atoms with van der Waals surface area (Å²) >= 11 is 0. The van der Waals surface area contributed by atoms with Gasteiger partial charge in [0.15, 0.2) is 23.4 Å². The largest absolute Gasteiger partial charge is 0.508 e. The van der Waals surface area contributed by atoms with Crippen LogP contribution in [0.4, 0.5) is 0 Å². The number of ether oxygens (including phenoxy) is 2. The molecule has 4 rings (SSSR count). The summed E-state index contributed by atoms with van der Waals surface area (Å²) in [4.78, 5) is 23.8. The van der Waals surface area contributed by atoms with E-state index in [0.29, 0.717) is 0 Å². The van der Waals surface area contributed by atoms with Crippen LogP contribution in [0.25, 0.3) is 22.3 Å². The van der Waals surface area contributed by atoms with Crippen LogP contribution in [0.1, 0.15) is 0 Å². The lowest BCUT2D eigenvalue weighted by atomic mass is 9.99. The minimum atomic E-state index is -2.02. The number of benzene rings is 2. The molecule has 1 aliphatic heterocycles. The van der Waals surface area contributed by atoms with E-state index < -0.39 is 87.7 Å². The third kappa shape index (κ3) is 4.00. The lowest BCUT2D eigenvalue weighted by molar-refractivity contribution is -0.271. The summed E-state index contributed by atoms with van der Waals surface area (Å²) in [6.45, 7) is 0. The van der Waals surface area contributed by atoms with Crippen molar-refractivity contribution in [3.05, 3.63) is 34.5 Å². The highest BCUT2D eigenvalue weighted by Gasteiger charge is 2.48. The van der Waals surface area contributed by atoms with E-state index in [2.05, 4.69) is 0 Å². The average molecular weight is 494 g/mol. The Kier molecular flexibility index (Phi) is 5.82. The summed E-state index contributed by atoms with van der Waals surface area (Å²) in [5.41, 5.74) is -1.72. The number of carbonyl (C=O) groups is 1. The zero-order chi connectivity index (χ0) is 25.8. The molecule has 0 spiro atoms. The van der Waals surface area contributed by atoms with Crippen LogP contribution >= 0.6 is 0 Å². The zero-order valence-electron chi connectivity index (χ0n) is 17.3. The number of phenolic OH excluding ortho intramolecular Hbond substituents is 4. The quantitative estimate of drug-likeness (QED) is 0.203. The van der Waals surface area contributed by atoms with E-state index in [1.807, 2.05) is 0 Å². The van der Waals surface area contributed by atoms with Crippen molar-refractivity contribution in [2.45, 2.75) is 30.7 Å². The van der Waals surface area contributed by atoms with Gasteiger partial charge in [-0.1, -0.05) is 0 Å². The predicted molar refractivity (Wildman–Crippen MR) is 111 cm³/mol. The van der Waals surface area contributed by atoms with E-state index in [4.69, 9.17) is 19.0 Å². The second-order valence-corrected chi connectivity index (χ2v) is 7.64. The number of carboxylic acids is 1. The molecule has 2 heterocycles. The third-order valence-corrected chi connectivity index (χ3v) is 5.31. The van der Waals surface area contributed by atoms with Crippen molar-refractivity contribution in [3.63, 3.8) is 0 Å². The second-order valence-electron chi connectivity index (χ2n) is 7.64. The van der Waals surface area contributed by atoms with Gasteiger partial charge in [0.05, 0.1) is 0 Å². The molecule has 0 bridgehead atoms. The molecule has 1 aromatic heterocycles. The number of fused-ring (bicyclic) bond motifs is 1. The van der Waals surface area contributed by atoms with Crippen LogP contribution < -0.4 is 10.2 Å². The standard InChI is InChI=1S/C21H18O14/c22-6-3-7(23)11-9(4-6)33-18(15(28)13(11)26)5-1-8(24)12(25)10(2-5)34-21-17(30)14(27)16(29)19(35-21)20(31)32/h1-4,14,16-17,19,21-25,27-30H,(H,31,32)/t14-,16-,17+,19-,21+/m1/s1. The number of aliphatic hydroxyl groups excluding tert-OH is 3. The van der Waals surface area contributed by atoms with E-state index in [-0.39, 0.29) is 11.1 Å². The smallest absolute Gasteiger partial charge is 0.335 e. The Hall–Kier alpha value is -4.24. The first kappa shape index (κ1) is 23.9. The summed E-state index contributed by atoms with van der Waals surface area (Å²) in [6.07, 6.45) is -9.99. The van der Waals surface area contributed by atoms with Crippen molar-refractivity contribution in [2.75, 3.05) is 0 Å². The molecule has 5 atom stereocenters. The number of rotatable bonds is 4. The van der Waals surface area contributed by atoms with Crippen LogP contribution in [0.15, 0.2) is 33.5 Å². The van der Waals surface area contributed by atoms with Gasteiger partial charge in [0, 0.05) is 17.7 Å². The summed E-state index contributed by atoms with van der Waals surface area (Å²) in [5, 5.41) is 88.8. The van der Waals surface area contributed by atoms with Crippen molar-refractivity contribution in [1.29, 1.82) is 0 Å². The number of hydrogen-bond donors (Lipinski definition) is 9. The van der Waals surface area contributed by atoms with Crippen LogP contribution in [0, 0.1) is 0 Å². The first-order valence-corrected chi connectivity index (χ1v) is 9.78. The van der Waals surface area contributed by atoms with Crippen molar-refractivity contribution < 1.29 is 64.6 Å². The van der Waals surface area contributed by atoms with Gasteiger partial charge in [-0.25, -0.2) is 4.79 Å². The number of aromatic hydroxyl groups is 5. The van der Waals surface area contributed by atoms with Gasteiger partial charge in [-0.05, 0) is 12.1 Å². The number of carboxylic acid groups (broad SMARTS) is 1. The van der Waals surface area contributed by atoms with Gasteiger partial charge < -0.3 is 59.8 Å². The molecule has 0 saturated carbocycles. The van der Waals surface area contributed by atoms with Crippen LogP contribution in [-0.4, -0.2) is 82.6 Å². The molecular weight excluding hydrogens is 476 g/mol. The van der Waals surface area contributed by atoms with Gasteiger partial charge in [-0.3, -0.25) is 4.79 Å². The molecule has 14 nitrogen and oxygen atoms in total. The molecular formula is C21H18O14. The van der Waals surface area contributed by atoms with Crippen molar-refractivity contribution >= 4 is 16.9 Å². The molecule has 0 unspecified atom stereocenters. The molecule has 14 heteroatoms. The highest BCUT2D eigenvalue weighted by Crippen LogP contribution is 2.43. The summed E-state index contributed by atoms with van der Waals surface area (Å²) < 4.78 is 15.6. The van der Waals surface area contributed by atoms with E-state index in [1.54, 1.807) is 0 Å². The Morgan fingerprint density at radius 2 is 1.54 bits per heavy atom. The molecule has 3 aromatic rings. The maximum absolute atomic E-state index is 12.6.